The molecule has 0 spiro atoms. The quantitative estimate of drug-likeness (QED) is 0.753. The van der Waals surface area contributed by atoms with E-state index in [1.807, 2.05) is 30.3 Å². The topological polar surface area (TPSA) is 70.4 Å². The Morgan fingerprint density at radius 1 is 1.21 bits per heavy atom. The van der Waals surface area contributed by atoms with Gasteiger partial charge in [-0.2, -0.15) is 5.26 Å². The van der Waals surface area contributed by atoms with Gasteiger partial charge in [-0.05, 0) is 24.8 Å². The van der Waals surface area contributed by atoms with Crippen LogP contribution in [0.1, 0.15) is 44.1 Å². The highest BCUT2D eigenvalue weighted by atomic mass is 16.5. The maximum atomic E-state index is 12.3. The first-order valence-electron chi connectivity index (χ1n) is 8.45. The molecule has 1 aliphatic rings. The lowest BCUT2D eigenvalue weighted by molar-refractivity contribution is -0.153. The summed E-state index contributed by atoms with van der Waals surface area (Å²) in [4.78, 5) is 25.6. The van der Waals surface area contributed by atoms with Crippen molar-refractivity contribution in [2.45, 2.75) is 50.5 Å². The minimum Gasteiger partial charge on any atom is -0.456 e. The maximum absolute atomic E-state index is 12.3. The van der Waals surface area contributed by atoms with Crippen LogP contribution >= 0.6 is 0 Å². The van der Waals surface area contributed by atoms with Crippen LogP contribution in [0.3, 0.4) is 0 Å². The number of benzene rings is 1. The summed E-state index contributed by atoms with van der Waals surface area (Å²) in [5.41, 5.74) is 0.315. The number of ether oxygens (including phenoxy) is 1. The summed E-state index contributed by atoms with van der Waals surface area (Å²) in [6.07, 6.45) is 5.20. The molecular weight excluding hydrogens is 304 g/mol. The van der Waals surface area contributed by atoms with Gasteiger partial charge in [0.15, 0.2) is 6.61 Å². The predicted molar refractivity (Wildman–Crippen MR) is 89.9 cm³/mol. The zero-order valence-corrected chi connectivity index (χ0v) is 14.2. The molecule has 0 unspecified atom stereocenters. The van der Waals surface area contributed by atoms with Crippen molar-refractivity contribution in [3.8, 4) is 6.07 Å². The average molecular weight is 328 g/mol. The van der Waals surface area contributed by atoms with Crippen molar-refractivity contribution in [2.75, 3.05) is 13.7 Å². The number of hydrogen-bond donors (Lipinski definition) is 0. The van der Waals surface area contributed by atoms with E-state index in [-0.39, 0.29) is 18.9 Å². The highest BCUT2D eigenvalue weighted by molar-refractivity contribution is 5.81. The minimum atomic E-state index is -0.744. The van der Waals surface area contributed by atoms with Crippen molar-refractivity contribution < 1.29 is 14.3 Å². The number of esters is 1. The first kappa shape index (κ1) is 18.0. The van der Waals surface area contributed by atoms with E-state index in [4.69, 9.17) is 4.74 Å². The van der Waals surface area contributed by atoms with E-state index in [2.05, 4.69) is 6.07 Å². The molecule has 0 atom stereocenters. The Morgan fingerprint density at radius 3 is 2.50 bits per heavy atom. The second kappa shape index (κ2) is 8.49. The summed E-state index contributed by atoms with van der Waals surface area (Å²) in [5.74, 6) is -0.707. The fourth-order valence-corrected chi connectivity index (χ4v) is 3.10. The number of carbonyl (C=O) groups excluding carboxylic acids is 2. The van der Waals surface area contributed by atoms with Gasteiger partial charge in [-0.1, -0.05) is 49.6 Å². The normalized spacial score (nSPS) is 16.0. The molecule has 0 radical (unpaired) electrons. The van der Waals surface area contributed by atoms with Gasteiger partial charge in [-0.25, -0.2) is 0 Å². The molecule has 0 heterocycles. The molecule has 5 nitrogen and oxygen atoms in total. The van der Waals surface area contributed by atoms with Crippen molar-refractivity contribution in [3.05, 3.63) is 35.9 Å². The van der Waals surface area contributed by atoms with E-state index in [1.54, 1.807) is 7.05 Å². The van der Waals surface area contributed by atoms with E-state index in [9.17, 15) is 14.9 Å². The molecule has 5 heteroatoms. The van der Waals surface area contributed by atoms with Gasteiger partial charge in [0, 0.05) is 13.5 Å². The highest BCUT2D eigenvalue weighted by Crippen LogP contribution is 2.32. The summed E-state index contributed by atoms with van der Waals surface area (Å²) in [7, 11) is 1.63. The third-order valence-corrected chi connectivity index (χ3v) is 4.72. The van der Waals surface area contributed by atoms with Crippen molar-refractivity contribution in [1.82, 2.24) is 4.90 Å². The molecule has 1 aromatic rings. The van der Waals surface area contributed by atoms with Crippen LogP contribution in [-0.2, 0) is 20.7 Å². The van der Waals surface area contributed by atoms with Crippen LogP contribution in [0, 0.1) is 11.3 Å². The average Bonchev–Trinajstić information content (AvgIpc) is 2.65. The third kappa shape index (κ3) is 4.58. The lowest BCUT2D eigenvalue weighted by Gasteiger charge is -2.38. The number of aryl methyl sites for hydroxylation is 1. The van der Waals surface area contributed by atoms with Gasteiger partial charge < -0.3 is 9.64 Å². The molecule has 128 valence electrons. The summed E-state index contributed by atoms with van der Waals surface area (Å²) < 4.78 is 5.09. The maximum Gasteiger partial charge on any atom is 0.306 e. The Balaban J connectivity index is 1.79. The highest BCUT2D eigenvalue weighted by Gasteiger charge is 2.38. The van der Waals surface area contributed by atoms with Crippen molar-refractivity contribution in [2.24, 2.45) is 0 Å². The molecule has 2 rings (SSSR count). The molecule has 1 amide bonds. The van der Waals surface area contributed by atoms with Crippen molar-refractivity contribution >= 4 is 11.9 Å². The van der Waals surface area contributed by atoms with Crippen LogP contribution < -0.4 is 0 Å². The van der Waals surface area contributed by atoms with Crippen LogP contribution in [0.5, 0.6) is 0 Å². The van der Waals surface area contributed by atoms with Gasteiger partial charge in [0.25, 0.3) is 5.91 Å². The van der Waals surface area contributed by atoms with Crippen LogP contribution in [0.15, 0.2) is 30.3 Å². The Morgan fingerprint density at radius 2 is 1.88 bits per heavy atom. The van der Waals surface area contributed by atoms with Crippen LogP contribution in [0.25, 0.3) is 0 Å². The van der Waals surface area contributed by atoms with E-state index >= 15 is 0 Å². The van der Waals surface area contributed by atoms with E-state index in [1.165, 1.54) is 4.90 Å². The summed E-state index contributed by atoms with van der Waals surface area (Å²) in [5, 5.41) is 9.50. The zero-order valence-electron chi connectivity index (χ0n) is 14.2. The van der Waals surface area contributed by atoms with E-state index < -0.39 is 11.5 Å². The number of nitrogens with zero attached hydrogens (tertiary/aromatic N) is 2. The summed E-state index contributed by atoms with van der Waals surface area (Å²) in [6.45, 7) is -0.298. The lowest BCUT2D eigenvalue weighted by atomic mass is 9.81. The fraction of sp³-hybridized carbons (Fsp3) is 0.526. The van der Waals surface area contributed by atoms with Gasteiger partial charge in [-0.3, -0.25) is 9.59 Å². The van der Waals surface area contributed by atoms with Gasteiger partial charge in [-0.15, -0.1) is 0 Å². The van der Waals surface area contributed by atoms with E-state index in [0.717, 1.165) is 24.8 Å². The molecule has 1 aromatic carbocycles. The van der Waals surface area contributed by atoms with Gasteiger partial charge in [0.05, 0.1) is 6.07 Å². The van der Waals surface area contributed by atoms with Gasteiger partial charge in [0.1, 0.15) is 5.54 Å². The third-order valence-electron chi connectivity index (χ3n) is 4.72. The summed E-state index contributed by atoms with van der Waals surface area (Å²) >= 11 is 0. The molecule has 1 fully saturated rings. The Bertz CT molecular complexity index is 601. The number of rotatable bonds is 6. The Kier molecular flexibility index (Phi) is 6.36. The minimum absolute atomic E-state index is 0.240. The lowest BCUT2D eigenvalue weighted by Crippen LogP contribution is -2.51. The number of likely N-dealkylation sites (N-methyl/N-ethyl adjacent to an activating group) is 1. The van der Waals surface area contributed by atoms with Crippen molar-refractivity contribution in [3.63, 3.8) is 0 Å². The smallest absolute Gasteiger partial charge is 0.306 e. The SMILES string of the molecule is CN(C(=O)COC(=O)CCc1ccccc1)C1(C#N)CCCCC1. The van der Waals surface area contributed by atoms with Gasteiger partial charge in [0.2, 0.25) is 0 Å². The second-order valence-corrected chi connectivity index (χ2v) is 6.30. The molecule has 0 aliphatic heterocycles. The zero-order chi connectivity index (χ0) is 17.4. The molecule has 1 saturated carbocycles. The van der Waals surface area contributed by atoms with Crippen molar-refractivity contribution in [1.29, 1.82) is 5.26 Å². The monoisotopic (exact) mass is 328 g/mol. The molecule has 0 aromatic heterocycles. The number of amides is 1. The molecule has 0 saturated heterocycles. The number of hydrogen-bond acceptors (Lipinski definition) is 4. The summed E-state index contributed by atoms with van der Waals surface area (Å²) in [6, 6.07) is 12.0. The number of nitriles is 1. The van der Waals surface area contributed by atoms with E-state index in [0.29, 0.717) is 19.3 Å². The van der Waals surface area contributed by atoms with Crippen LogP contribution in [0.4, 0.5) is 0 Å². The van der Waals surface area contributed by atoms with Crippen LogP contribution in [-0.4, -0.2) is 36.0 Å². The van der Waals surface area contributed by atoms with Gasteiger partial charge >= 0.3 is 5.97 Å². The predicted octanol–water partition coefficient (Wildman–Crippen LogP) is 2.85. The first-order chi connectivity index (χ1) is 11.6. The standard InChI is InChI=1S/C19H24N2O3/c1-21(19(15-20)12-6-3-7-13-19)17(22)14-24-18(23)11-10-16-8-4-2-5-9-16/h2,4-5,8-9H,3,6-7,10-14H2,1H3. The molecule has 1 aliphatic carbocycles. The molecular formula is C19H24N2O3. The Labute approximate surface area is 143 Å². The number of carbonyl (C=O) groups is 2. The fourth-order valence-electron chi connectivity index (χ4n) is 3.10. The Hall–Kier alpha value is -2.35. The molecule has 0 bridgehead atoms. The molecule has 24 heavy (non-hydrogen) atoms. The molecule has 0 N–H and O–H groups in total. The first-order valence-corrected chi connectivity index (χ1v) is 8.45. The second-order valence-electron chi connectivity index (χ2n) is 6.30. The largest absolute Gasteiger partial charge is 0.456 e. The van der Waals surface area contributed by atoms with Crippen LogP contribution in [0.2, 0.25) is 0 Å².